The molecule has 0 aromatic heterocycles. The summed E-state index contributed by atoms with van der Waals surface area (Å²) in [5.41, 5.74) is 0. The highest BCUT2D eigenvalue weighted by Gasteiger charge is 2.18. The van der Waals surface area contributed by atoms with Crippen molar-refractivity contribution in [2.75, 3.05) is 0 Å². The molecule has 0 aliphatic rings. The van der Waals surface area contributed by atoms with Crippen LogP contribution >= 0.6 is 11.6 Å². The van der Waals surface area contributed by atoms with Crippen LogP contribution in [-0.2, 0) is 9.59 Å². The minimum Gasteiger partial charge on any atom is -0.300 e. The summed E-state index contributed by atoms with van der Waals surface area (Å²) < 4.78 is 0. The molecule has 2 nitrogen and oxygen atoms in total. The molecule has 1 unspecified atom stereocenters. The van der Waals surface area contributed by atoms with Crippen LogP contribution in [0.2, 0.25) is 0 Å². The molecule has 1 atom stereocenters. The Morgan fingerprint density at radius 3 is 2.08 bits per heavy atom. The van der Waals surface area contributed by atoms with Crippen LogP contribution in [0.3, 0.4) is 0 Å². The molecule has 0 aliphatic heterocycles. The Morgan fingerprint density at radius 2 is 1.83 bits per heavy atom. The molecule has 0 N–H and O–H groups in total. The first-order valence-electron chi connectivity index (χ1n) is 4.12. The molecule has 0 heterocycles. The van der Waals surface area contributed by atoms with Gasteiger partial charge in [-0.3, -0.25) is 9.59 Å². The average molecular weight is 191 g/mol. The van der Waals surface area contributed by atoms with E-state index in [2.05, 4.69) is 0 Å². The normalized spacial score (nSPS) is 13.1. The van der Waals surface area contributed by atoms with E-state index in [0.29, 0.717) is 5.92 Å². The highest BCUT2D eigenvalue weighted by atomic mass is 35.5. The average Bonchev–Trinajstić information content (AvgIpc) is 1.83. The lowest BCUT2D eigenvalue weighted by atomic mass is 9.92. The van der Waals surface area contributed by atoms with Crippen molar-refractivity contribution in [1.82, 2.24) is 0 Å². The summed E-state index contributed by atoms with van der Waals surface area (Å²) in [6.45, 7) is 5.55. The van der Waals surface area contributed by atoms with Gasteiger partial charge in [0.25, 0.3) is 0 Å². The van der Waals surface area contributed by atoms with Crippen LogP contribution in [0.25, 0.3) is 0 Å². The van der Waals surface area contributed by atoms with Crippen LogP contribution in [0, 0.1) is 11.8 Å². The minimum atomic E-state index is -0.421. The number of ketones is 1. The monoisotopic (exact) mass is 190 g/mol. The van der Waals surface area contributed by atoms with E-state index < -0.39 is 5.24 Å². The largest absolute Gasteiger partial charge is 0.300 e. The summed E-state index contributed by atoms with van der Waals surface area (Å²) >= 11 is 5.21. The summed E-state index contributed by atoms with van der Waals surface area (Å²) in [6, 6.07) is 0. The van der Waals surface area contributed by atoms with Crippen molar-refractivity contribution < 1.29 is 9.59 Å². The highest BCUT2D eigenvalue weighted by Crippen LogP contribution is 2.17. The lowest BCUT2D eigenvalue weighted by molar-refractivity contribution is -0.124. The number of rotatable bonds is 5. The molecule has 0 bridgehead atoms. The molecule has 0 saturated heterocycles. The van der Waals surface area contributed by atoms with Gasteiger partial charge in [0.05, 0.1) is 0 Å². The highest BCUT2D eigenvalue weighted by molar-refractivity contribution is 6.63. The Hall–Kier alpha value is -0.370. The summed E-state index contributed by atoms with van der Waals surface area (Å²) in [5.74, 6) is 0.294. The Kier molecular flexibility index (Phi) is 5.14. The zero-order valence-corrected chi connectivity index (χ0v) is 8.52. The molecular weight excluding hydrogens is 176 g/mol. The lowest BCUT2D eigenvalue weighted by Gasteiger charge is -2.13. The second-order valence-corrected chi connectivity index (χ2v) is 3.92. The molecule has 0 aromatic carbocycles. The van der Waals surface area contributed by atoms with Crippen LogP contribution < -0.4 is 0 Å². The first kappa shape index (κ1) is 11.6. The van der Waals surface area contributed by atoms with E-state index in [0.717, 1.165) is 6.42 Å². The third-order valence-corrected chi connectivity index (χ3v) is 1.89. The number of halogens is 1. The quantitative estimate of drug-likeness (QED) is 0.624. The third kappa shape index (κ3) is 5.30. The second kappa shape index (κ2) is 5.31. The fourth-order valence-electron chi connectivity index (χ4n) is 1.16. The number of carbonyl (C=O) groups is 2. The molecule has 12 heavy (non-hydrogen) atoms. The van der Waals surface area contributed by atoms with E-state index in [1.807, 2.05) is 13.8 Å². The topological polar surface area (TPSA) is 34.1 Å². The molecule has 3 heteroatoms. The summed E-state index contributed by atoms with van der Waals surface area (Å²) in [4.78, 5) is 21.6. The first-order chi connectivity index (χ1) is 5.43. The molecule has 0 radical (unpaired) electrons. The molecule has 0 fully saturated rings. The zero-order chi connectivity index (χ0) is 9.72. The SMILES string of the molecule is CC(=O)C(CC(=O)Cl)CC(C)C. The summed E-state index contributed by atoms with van der Waals surface area (Å²) in [6.07, 6.45) is 0.920. The van der Waals surface area contributed by atoms with E-state index in [-0.39, 0.29) is 18.1 Å². The number of Topliss-reactive ketones (excluding diaryl/α,β-unsaturated/α-hetero) is 1. The van der Waals surface area contributed by atoms with Crippen molar-refractivity contribution in [3.63, 3.8) is 0 Å². The van der Waals surface area contributed by atoms with Crippen LogP contribution in [0.5, 0.6) is 0 Å². The Labute approximate surface area is 78.3 Å². The first-order valence-corrected chi connectivity index (χ1v) is 4.50. The maximum absolute atomic E-state index is 11.0. The van der Waals surface area contributed by atoms with E-state index in [1.165, 1.54) is 6.92 Å². The van der Waals surface area contributed by atoms with Gasteiger partial charge in [-0.25, -0.2) is 0 Å². The Balaban J connectivity index is 4.04. The van der Waals surface area contributed by atoms with Crippen molar-refractivity contribution in [3.8, 4) is 0 Å². The molecule has 0 rings (SSSR count). The third-order valence-electron chi connectivity index (χ3n) is 1.74. The van der Waals surface area contributed by atoms with Gasteiger partial charge >= 0.3 is 0 Å². The van der Waals surface area contributed by atoms with Gasteiger partial charge in [0.2, 0.25) is 5.24 Å². The maximum atomic E-state index is 11.0. The zero-order valence-electron chi connectivity index (χ0n) is 7.76. The fraction of sp³-hybridized carbons (Fsp3) is 0.778. The van der Waals surface area contributed by atoms with Gasteiger partial charge in [-0.05, 0) is 30.9 Å². The number of carbonyl (C=O) groups excluding carboxylic acids is 2. The predicted molar refractivity (Wildman–Crippen MR) is 49.1 cm³/mol. The van der Waals surface area contributed by atoms with Gasteiger partial charge in [-0.1, -0.05) is 13.8 Å². The van der Waals surface area contributed by atoms with Gasteiger partial charge in [0, 0.05) is 12.3 Å². The number of hydrogen-bond donors (Lipinski definition) is 0. The van der Waals surface area contributed by atoms with Gasteiger partial charge in [0.15, 0.2) is 0 Å². The predicted octanol–water partition coefficient (Wildman–Crippen LogP) is 2.39. The van der Waals surface area contributed by atoms with Gasteiger partial charge in [0.1, 0.15) is 5.78 Å². The van der Waals surface area contributed by atoms with Crippen LogP contribution in [0.15, 0.2) is 0 Å². The van der Waals surface area contributed by atoms with E-state index >= 15 is 0 Å². The molecule has 0 aromatic rings. The molecule has 0 amide bonds. The molecule has 70 valence electrons. The molecule has 0 aliphatic carbocycles. The van der Waals surface area contributed by atoms with Crippen molar-refractivity contribution >= 4 is 22.6 Å². The van der Waals surface area contributed by atoms with Crippen molar-refractivity contribution in [2.45, 2.75) is 33.6 Å². The standard InChI is InChI=1S/C9H15ClO2/c1-6(2)4-8(7(3)11)5-9(10)12/h6,8H,4-5H2,1-3H3. The fourth-order valence-corrected chi connectivity index (χ4v) is 1.34. The van der Waals surface area contributed by atoms with Gasteiger partial charge < -0.3 is 0 Å². The molecular formula is C9H15ClO2. The van der Waals surface area contributed by atoms with Crippen molar-refractivity contribution in [1.29, 1.82) is 0 Å². The molecule has 0 spiro atoms. The van der Waals surface area contributed by atoms with E-state index in [4.69, 9.17) is 11.6 Å². The van der Waals surface area contributed by atoms with Crippen molar-refractivity contribution in [3.05, 3.63) is 0 Å². The Morgan fingerprint density at radius 1 is 1.33 bits per heavy atom. The van der Waals surface area contributed by atoms with Gasteiger partial charge in [-0.15, -0.1) is 0 Å². The van der Waals surface area contributed by atoms with E-state index in [9.17, 15) is 9.59 Å². The van der Waals surface area contributed by atoms with Crippen molar-refractivity contribution in [2.24, 2.45) is 11.8 Å². The van der Waals surface area contributed by atoms with E-state index in [1.54, 1.807) is 0 Å². The molecule has 0 saturated carbocycles. The minimum absolute atomic E-state index is 0.0534. The second-order valence-electron chi connectivity index (χ2n) is 3.50. The van der Waals surface area contributed by atoms with Crippen LogP contribution in [0.4, 0.5) is 0 Å². The smallest absolute Gasteiger partial charge is 0.222 e. The van der Waals surface area contributed by atoms with Crippen LogP contribution in [0.1, 0.15) is 33.6 Å². The lowest BCUT2D eigenvalue weighted by Crippen LogP contribution is -2.15. The van der Waals surface area contributed by atoms with Gasteiger partial charge in [-0.2, -0.15) is 0 Å². The number of hydrogen-bond acceptors (Lipinski definition) is 2. The Bertz CT molecular complexity index is 175. The maximum Gasteiger partial charge on any atom is 0.222 e. The van der Waals surface area contributed by atoms with Crippen LogP contribution in [-0.4, -0.2) is 11.0 Å². The summed E-state index contributed by atoms with van der Waals surface area (Å²) in [5, 5.41) is -0.421. The summed E-state index contributed by atoms with van der Waals surface area (Å²) in [7, 11) is 0.